The molecule has 0 bridgehead atoms. The van der Waals surface area contributed by atoms with Crippen LogP contribution in [0.1, 0.15) is 40.5 Å². The molecule has 32 heavy (non-hydrogen) atoms. The third-order valence-corrected chi connectivity index (χ3v) is 4.82. The fourth-order valence-electron chi connectivity index (χ4n) is 3.10. The predicted molar refractivity (Wildman–Crippen MR) is 107 cm³/mol. The number of nitrogens with zero attached hydrogens (tertiary/aromatic N) is 4. The number of benzene rings is 1. The van der Waals surface area contributed by atoms with Crippen molar-refractivity contribution in [2.75, 3.05) is 0 Å². The molecule has 1 N–H and O–H groups in total. The molecule has 0 unspecified atom stereocenters. The van der Waals surface area contributed by atoms with Crippen molar-refractivity contribution < 1.29 is 22.7 Å². The summed E-state index contributed by atoms with van der Waals surface area (Å²) in [6.45, 7) is 3.12. The van der Waals surface area contributed by atoms with Gasteiger partial charge in [-0.3, -0.25) is 4.79 Å². The number of alkyl halides is 3. The van der Waals surface area contributed by atoms with Gasteiger partial charge in [-0.25, -0.2) is 19.4 Å². The maximum absolute atomic E-state index is 12.7. The zero-order valence-electron chi connectivity index (χ0n) is 16.8. The van der Waals surface area contributed by atoms with Crippen molar-refractivity contribution in [3.8, 4) is 5.82 Å². The summed E-state index contributed by atoms with van der Waals surface area (Å²) in [4.78, 5) is 35.6. The van der Waals surface area contributed by atoms with E-state index < -0.39 is 23.8 Å². The molecular formula is C21H16F3N5O3. The first-order valence-corrected chi connectivity index (χ1v) is 9.43. The number of halogens is 3. The Balaban J connectivity index is 1.56. The first-order chi connectivity index (χ1) is 15.1. The number of pyridine rings is 1. The lowest BCUT2D eigenvalue weighted by atomic mass is 10.2. The maximum atomic E-state index is 12.7. The average Bonchev–Trinajstić information content (AvgIpc) is 3.14. The van der Waals surface area contributed by atoms with Crippen molar-refractivity contribution >= 4 is 16.9 Å². The van der Waals surface area contributed by atoms with Gasteiger partial charge < -0.3 is 9.72 Å². The van der Waals surface area contributed by atoms with Gasteiger partial charge in [0.15, 0.2) is 17.7 Å². The van der Waals surface area contributed by atoms with E-state index in [1.165, 1.54) is 10.9 Å². The topological polar surface area (TPSA) is 103 Å². The number of hydrogen-bond acceptors (Lipinski definition) is 6. The van der Waals surface area contributed by atoms with E-state index in [-0.39, 0.29) is 22.8 Å². The van der Waals surface area contributed by atoms with Crippen molar-refractivity contribution in [3.63, 3.8) is 0 Å². The molecule has 0 fully saturated rings. The molecule has 3 aromatic heterocycles. The van der Waals surface area contributed by atoms with Crippen LogP contribution in [0.5, 0.6) is 0 Å². The molecule has 3 heterocycles. The van der Waals surface area contributed by atoms with Gasteiger partial charge in [0.1, 0.15) is 5.56 Å². The van der Waals surface area contributed by atoms with E-state index in [2.05, 4.69) is 20.1 Å². The minimum atomic E-state index is -4.51. The third-order valence-electron chi connectivity index (χ3n) is 4.82. The van der Waals surface area contributed by atoms with E-state index in [4.69, 9.17) is 4.74 Å². The minimum Gasteiger partial charge on any atom is -0.451 e. The number of aromatic nitrogens is 5. The molecule has 11 heteroatoms. The van der Waals surface area contributed by atoms with Crippen molar-refractivity contribution in [1.82, 2.24) is 24.7 Å². The predicted octanol–water partition coefficient (Wildman–Crippen LogP) is 3.75. The quantitative estimate of drug-likeness (QED) is 0.482. The zero-order chi connectivity index (χ0) is 23.0. The normalized spacial score (nSPS) is 12.7. The summed E-state index contributed by atoms with van der Waals surface area (Å²) in [5.74, 6) is -0.441. The number of aromatic amines is 1. The number of esters is 1. The minimum absolute atomic E-state index is 0.0988. The molecule has 1 atom stereocenters. The van der Waals surface area contributed by atoms with Crippen LogP contribution in [0.25, 0.3) is 16.7 Å². The molecule has 164 valence electrons. The largest absolute Gasteiger partial charge is 0.451 e. The van der Waals surface area contributed by atoms with E-state index in [9.17, 15) is 22.8 Å². The number of ether oxygens (including phenoxy) is 1. The number of nitrogens with one attached hydrogen (secondary N) is 1. The number of carbonyl (C=O) groups excluding carboxylic acids is 1. The van der Waals surface area contributed by atoms with Gasteiger partial charge in [-0.1, -0.05) is 12.1 Å². The molecule has 0 saturated heterocycles. The SMILES string of the molecule is Cc1c(C(=O)O[C@@H](C)c2nc3ccccc3c(=O)[nH]2)cnn1-c1ccc(C(F)(F)F)cn1. The average molecular weight is 443 g/mol. The molecule has 0 amide bonds. The molecular weight excluding hydrogens is 427 g/mol. The Morgan fingerprint density at radius 1 is 1.16 bits per heavy atom. The summed E-state index contributed by atoms with van der Waals surface area (Å²) < 4.78 is 44.9. The monoisotopic (exact) mass is 443 g/mol. The molecule has 0 aliphatic heterocycles. The van der Waals surface area contributed by atoms with Crippen LogP contribution >= 0.6 is 0 Å². The van der Waals surface area contributed by atoms with Crippen LogP contribution in [0.3, 0.4) is 0 Å². The van der Waals surface area contributed by atoms with Gasteiger partial charge in [0.05, 0.1) is 28.4 Å². The standard InChI is InChI=1S/C21H16F3N5O3/c1-11-15(10-26-29(11)17-8-7-13(9-25-17)21(22,23)24)20(31)32-12(2)18-27-16-6-4-3-5-14(16)19(30)28-18/h3-10,12H,1-2H3,(H,27,28,30)/t12-/m0/s1. The highest BCUT2D eigenvalue weighted by Gasteiger charge is 2.31. The van der Waals surface area contributed by atoms with E-state index in [0.717, 1.165) is 12.1 Å². The highest BCUT2D eigenvalue weighted by molar-refractivity contribution is 5.90. The van der Waals surface area contributed by atoms with Gasteiger partial charge in [0.2, 0.25) is 0 Å². The number of fused-ring (bicyclic) bond motifs is 1. The third kappa shape index (κ3) is 3.96. The summed E-state index contributed by atoms with van der Waals surface area (Å²) in [6, 6.07) is 8.80. The van der Waals surface area contributed by atoms with Crippen molar-refractivity contribution in [2.45, 2.75) is 26.1 Å². The zero-order valence-corrected chi connectivity index (χ0v) is 16.8. The van der Waals surface area contributed by atoms with Gasteiger partial charge in [-0.2, -0.15) is 18.3 Å². The molecule has 4 aromatic rings. The fraction of sp³-hybridized carbons (Fsp3) is 0.190. The smallest absolute Gasteiger partial charge is 0.417 e. The number of hydrogen-bond donors (Lipinski definition) is 1. The van der Waals surface area contributed by atoms with Gasteiger partial charge in [-0.05, 0) is 38.1 Å². The number of H-pyrrole nitrogens is 1. The second-order valence-electron chi connectivity index (χ2n) is 6.97. The van der Waals surface area contributed by atoms with Crippen LogP contribution < -0.4 is 5.56 Å². The van der Waals surface area contributed by atoms with Crippen LogP contribution in [-0.4, -0.2) is 30.7 Å². The molecule has 8 nitrogen and oxygen atoms in total. The summed E-state index contributed by atoms with van der Waals surface area (Å²) in [5, 5.41) is 4.45. The van der Waals surface area contributed by atoms with Crippen LogP contribution in [0.15, 0.2) is 53.6 Å². The Morgan fingerprint density at radius 3 is 2.59 bits per heavy atom. The highest BCUT2D eigenvalue weighted by atomic mass is 19.4. The van der Waals surface area contributed by atoms with Gasteiger partial charge in [0, 0.05) is 6.20 Å². The first-order valence-electron chi connectivity index (χ1n) is 9.43. The molecule has 4 rings (SSSR count). The molecule has 0 spiro atoms. The highest BCUT2D eigenvalue weighted by Crippen LogP contribution is 2.29. The van der Waals surface area contributed by atoms with Crippen LogP contribution in [0, 0.1) is 6.92 Å². The molecule has 0 aliphatic carbocycles. The van der Waals surface area contributed by atoms with Crippen molar-refractivity contribution in [3.05, 3.63) is 81.8 Å². The molecule has 0 radical (unpaired) electrons. The Bertz CT molecular complexity index is 1360. The number of carbonyl (C=O) groups is 1. The lowest BCUT2D eigenvalue weighted by Gasteiger charge is -2.13. The summed E-state index contributed by atoms with van der Waals surface area (Å²) >= 11 is 0. The summed E-state index contributed by atoms with van der Waals surface area (Å²) in [7, 11) is 0. The lowest BCUT2D eigenvalue weighted by Crippen LogP contribution is -2.17. The number of rotatable bonds is 4. The second kappa shape index (κ2) is 7.91. The maximum Gasteiger partial charge on any atom is 0.417 e. The van der Waals surface area contributed by atoms with Gasteiger partial charge in [0.25, 0.3) is 5.56 Å². The number of para-hydroxylation sites is 1. The van der Waals surface area contributed by atoms with Crippen LogP contribution in [0.4, 0.5) is 13.2 Å². The van der Waals surface area contributed by atoms with Crippen molar-refractivity contribution in [2.24, 2.45) is 0 Å². The van der Waals surface area contributed by atoms with Gasteiger partial charge >= 0.3 is 12.1 Å². The Labute approximate surface area is 178 Å². The van der Waals surface area contributed by atoms with E-state index in [1.807, 2.05) is 0 Å². The van der Waals surface area contributed by atoms with Crippen LogP contribution in [-0.2, 0) is 10.9 Å². The van der Waals surface area contributed by atoms with Crippen LogP contribution in [0.2, 0.25) is 0 Å². The Morgan fingerprint density at radius 2 is 1.91 bits per heavy atom. The first kappa shape index (κ1) is 21.2. The Kier molecular flexibility index (Phi) is 5.25. The van der Waals surface area contributed by atoms with E-state index >= 15 is 0 Å². The second-order valence-corrected chi connectivity index (χ2v) is 6.97. The van der Waals surface area contributed by atoms with E-state index in [1.54, 1.807) is 38.1 Å². The lowest BCUT2D eigenvalue weighted by molar-refractivity contribution is -0.137. The van der Waals surface area contributed by atoms with Gasteiger partial charge in [-0.15, -0.1) is 0 Å². The van der Waals surface area contributed by atoms with Crippen molar-refractivity contribution in [1.29, 1.82) is 0 Å². The molecule has 0 aliphatic rings. The summed E-state index contributed by atoms with van der Waals surface area (Å²) in [6.07, 6.45) is -3.45. The van der Waals surface area contributed by atoms with E-state index in [0.29, 0.717) is 22.8 Å². The molecule has 0 saturated carbocycles. The Hall–Kier alpha value is -4.02. The fourth-order valence-corrected chi connectivity index (χ4v) is 3.10. The summed E-state index contributed by atoms with van der Waals surface area (Å²) in [5.41, 5.74) is -0.357. The molecule has 1 aromatic carbocycles.